The third-order valence-corrected chi connectivity index (χ3v) is 4.27. The second-order valence-electron chi connectivity index (χ2n) is 4.01. The Morgan fingerprint density at radius 3 is 2.83 bits per heavy atom. The molecule has 0 aliphatic carbocycles. The smallest absolute Gasteiger partial charge is 0.327 e. The van der Waals surface area contributed by atoms with Crippen molar-refractivity contribution in [3.63, 3.8) is 0 Å². The molecule has 0 radical (unpaired) electrons. The van der Waals surface area contributed by atoms with Gasteiger partial charge < -0.3 is 10.0 Å². The van der Waals surface area contributed by atoms with Gasteiger partial charge in [0.2, 0.25) is 0 Å². The van der Waals surface area contributed by atoms with E-state index < -0.39 is 12.0 Å². The van der Waals surface area contributed by atoms with E-state index in [-0.39, 0.29) is 11.3 Å². The molecule has 1 fully saturated rings. The fraction of sp³-hybridized carbons (Fsp3) is 0.333. The zero-order chi connectivity index (χ0) is 13.3. The topological polar surface area (TPSA) is 57.6 Å². The normalized spacial score (nSPS) is 23.1. The highest BCUT2D eigenvalue weighted by Crippen LogP contribution is 2.30. The third kappa shape index (κ3) is 2.47. The number of hydrogen-bond acceptors (Lipinski definition) is 3. The SMILES string of the molecule is CC1SCC(C(=O)O)N1C(=O)c1cccc(Cl)c1. The number of aliphatic carboxylic acids is 1. The molecule has 2 atom stereocenters. The number of hydrogen-bond donors (Lipinski definition) is 1. The van der Waals surface area contributed by atoms with Crippen LogP contribution in [0.3, 0.4) is 0 Å². The van der Waals surface area contributed by atoms with Crippen LogP contribution in [0.25, 0.3) is 0 Å². The molecule has 1 N–H and O–H groups in total. The lowest BCUT2D eigenvalue weighted by molar-refractivity contribution is -0.141. The van der Waals surface area contributed by atoms with E-state index in [9.17, 15) is 9.59 Å². The summed E-state index contributed by atoms with van der Waals surface area (Å²) in [6.07, 6.45) is 0. The zero-order valence-electron chi connectivity index (χ0n) is 9.67. The van der Waals surface area contributed by atoms with Crippen LogP contribution in [0, 0.1) is 0 Å². The van der Waals surface area contributed by atoms with E-state index in [0.29, 0.717) is 16.3 Å². The molecule has 1 aromatic carbocycles. The first-order chi connectivity index (χ1) is 8.50. The van der Waals surface area contributed by atoms with Crippen LogP contribution >= 0.6 is 23.4 Å². The van der Waals surface area contributed by atoms with Crippen molar-refractivity contribution in [3.8, 4) is 0 Å². The maximum atomic E-state index is 12.3. The van der Waals surface area contributed by atoms with Crippen molar-refractivity contribution in [1.82, 2.24) is 4.90 Å². The summed E-state index contributed by atoms with van der Waals surface area (Å²) in [4.78, 5) is 24.8. The van der Waals surface area contributed by atoms with E-state index in [4.69, 9.17) is 16.7 Å². The maximum absolute atomic E-state index is 12.3. The number of carbonyl (C=O) groups is 2. The molecule has 6 heteroatoms. The molecule has 0 aromatic heterocycles. The number of amides is 1. The summed E-state index contributed by atoms with van der Waals surface area (Å²) >= 11 is 7.30. The van der Waals surface area contributed by atoms with E-state index >= 15 is 0 Å². The maximum Gasteiger partial charge on any atom is 0.327 e. The molecule has 2 rings (SSSR count). The van der Waals surface area contributed by atoms with E-state index in [2.05, 4.69) is 0 Å². The number of carbonyl (C=O) groups excluding carboxylic acids is 1. The van der Waals surface area contributed by atoms with Gasteiger partial charge >= 0.3 is 5.97 Å². The van der Waals surface area contributed by atoms with Crippen LogP contribution in [0.1, 0.15) is 17.3 Å². The number of halogens is 1. The third-order valence-electron chi connectivity index (χ3n) is 2.81. The van der Waals surface area contributed by atoms with Crippen molar-refractivity contribution in [2.75, 3.05) is 5.75 Å². The lowest BCUT2D eigenvalue weighted by Gasteiger charge is -2.25. The van der Waals surface area contributed by atoms with Gasteiger partial charge in [0.05, 0.1) is 5.37 Å². The van der Waals surface area contributed by atoms with Crippen molar-refractivity contribution >= 4 is 35.2 Å². The minimum atomic E-state index is -0.970. The van der Waals surface area contributed by atoms with Gasteiger partial charge in [-0.1, -0.05) is 17.7 Å². The molecule has 0 bridgehead atoms. The van der Waals surface area contributed by atoms with Crippen molar-refractivity contribution in [1.29, 1.82) is 0 Å². The Morgan fingerprint density at radius 1 is 1.50 bits per heavy atom. The Kier molecular flexibility index (Phi) is 3.82. The summed E-state index contributed by atoms with van der Waals surface area (Å²) in [5.41, 5.74) is 0.420. The quantitative estimate of drug-likeness (QED) is 0.906. The van der Waals surface area contributed by atoms with Crippen LogP contribution in [-0.2, 0) is 4.79 Å². The van der Waals surface area contributed by atoms with Gasteiger partial charge in [-0.15, -0.1) is 11.8 Å². The summed E-state index contributed by atoms with van der Waals surface area (Å²) in [7, 11) is 0. The van der Waals surface area contributed by atoms with Crippen LogP contribution in [0.15, 0.2) is 24.3 Å². The van der Waals surface area contributed by atoms with Crippen LogP contribution in [0.4, 0.5) is 0 Å². The molecule has 1 heterocycles. The van der Waals surface area contributed by atoms with Crippen molar-refractivity contribution in [3.05, 3.63) is 34.9 Å². The van der Waals surface area contributed by atoms with E-state index in [0.717, 1.165) is 0 Å². The van der Waals surface area contributed by atoms with Crippen LogP contribution < -0.4 is 0 Å². The van der Waals surface area contributed by atoms with Crippen molar-refractivity contribution in [2.45, 2.75) is 18.3 Å². The van der Waals surface area contributed by atoms with Gasteiger partial charge in [-0.05, 0) is 25.1 Å². The molecule has 1 aliphatic rings. The van der Waals surface area contributed by atoms with Crippen LogP contribution in [0.2, 0.25) is 5.02 Å². The Balaban J connectivity index is 2.29. The molecule has 2 unspecified atom stereocenters. The predicted molar refractivity (Wildman–Crippen MR) is 71.0 cm³/mol. The van der Waals surface area contributed by atoms with Crippen molar-refractivity contribution < 1.29 is 14.7 Å². The van der Waals surface area contributed by atoms with Crippen molar-refractivity contribution in [2.24, 2.45) is 0 Å². The fourth-order valence-electron chi connectivity index (χ4n) is 1.91. The first-order valence-electron chi connectivity index (χ1n) is 5.43. The fourth-order valence-corrected chi connectivity index (χ4v) is 3.27. The highest BCUT2D eigenvalue weighted by molar-refractivity contribution is 8.00. The monoisotopic (exact) mass is 285 g/mol. The molecule has 1 aromatic rings. The molecule has 1 saturated heterocycles. The van der Waals surface area contributed by atoms with E-state index in [1.807, 2.05) is 6.92 Å². The Bertz CT molecular complexity index is 494. The highest BCUT2D eigenvalue weighted by atomic mass is 35.5. The summed E-state index contributed by atoms with van der Waals surface area (Å²) in [6, 6.07) is 5.78. The lowest BCUT2D eigenvalue weighted by Crippen LogP contribution is -2.44. The predicted octanol–water partition coefficient (Wildman–Crippen LogP) is 2.33. The van der Waals surface area contributed by atoms with Gasteiger partial charge in [0.1, 0.15) is 6.04 Å². The zero-order valence-corrected chi connectivity index (χ0v) is 11.2. The molecular weight excluding hydrogens is 274 g/mol. The molecule has 1 amide bonds. The highest BCUT2D eigenvalue weighted by Gasteiger charge is 2.39. The Labute approximate surface area is 114 Å². The Hall–Kier alpha value is -1.20. The lowest BCUT2D eigenvalue weighted by atomic mass is 10.1. The summed E-state index contributed by atoms with van der Waals surface area (Å²) in [5.74, 6) is -0.840. The molecular formula is C12H12ClNO3S. The second kappa shape index (κ2) is 5.20. The number of rotatable bonds is 2. The van der Waals surface area contributed by atoms with Gasteiger partial charge in [0.25, 0.3) is 5.91 Å². The number of thioether (sulfide) groups is 1. The minimum absolute atomic E-state index is 0.141. The van der Waals surface area contributed by atoms with Gasteiger partial charge in [0.15, 0.2) is 0 Å². The van der Waals surface area contributed by atoms with Crippen LogP contribution in [0.5, 0.6) is 0 Å². The molecule has 96 valence electrons. The first-order valence-corrected chi connectivity index (χ1v) is 6.86. The van der Waals surface area contributed by atoms with Gasteiger partial charge in [-0.2, -0.15) is 0 Å². The number of benzene rings is 1. The summed E-state index contributed by atoms with van der Waals surface area (Å²) < 4.78 is 0. The largest absolute Gasteiger partial charge is 0.480 e. The second-order valence-corrected chi connectivity index (χ2v) is 5.79. The molecule has 0 spiro atoms. The molecule has 4 nitrogen and oxygen atoms in total. The summed E-state index contributed by atoms with van der Waals surface area (Å²) in [6.45, 7) is 1.83. The number of carboxylic acid groups (broad SMARTS) is 1. The molecule has 1 aliphatic heterocycles. The van der Waals surface area contributed by atoms with E-state index in [1.165, 1.54) is 16.7 Å². The van der Waals surface area contributed by atoms with Gasteiger partial charge in [0, 0.05) is 16.3 Å². The summed E-state index contributed by atoms with van der Waals surface area (Å²) in [5, 5.41) is 9.44. The first kappa shape index (κ1) is 13.2. The minimum Gasteiger partial charge on any atom is -0.480 e. The van der Waals surface area contributed by atoms with Gasteiger partial charge in [-0.25, -0.2) is 4.79 Å². The molecule has 18 heavy (non-hydrogen) atoms. The van der Waals surface area contributed by atoms with Crippen LogP contribution in [-0.4, -0.2) is 39.1 Å². The average molecular weight is 286 g/mol. The molecule has 0 saturated carbocycles. The number of carboxylic acids is 1. The standard InChI is InChI=1S/C12H12ClNO3S/c1-7-14(10(6-18-7)12(16)17)11(15)8-3-2-4-9(13)5-8/h2-5,7,10H,6H2,1H3,(H,16,17). The number of nitrogens with zero attached hydrogens (tertiary/aromatic N) is 1. The van der Waals surface area contributed by atoms with E-state index in [1.54, 1.807) is 24.3 Å². The van der Waals surface area contributed by atoms with Gasteiger partial charge in [-0.3, -0.25) is 4.79 Å². The Morgan fingerprint density at radius 2 is 2.22 bits per heavy atom. The average Bonchev–Trinajstić information content (AvgIpc) is 2.70.